The van der Waals surface area contributed by atoms with E-state index in [0.717, 1.165) is 77.0 Å². The molecule has 0 spiro atoms. The Morgan fingerprint density at radius 2 is 0.393 bits per heavy atom. The lowest BCUT2D eigenvalue weighted by Gasteiger charge is -2.31. The Kier molecular flexibility index (Phi) is 44.3. The lowest BCUT2D eigenvalue weighted by Crippen LogP contribution is -2.44. The Bertz CT molecular complexity index is 839. The van der Waals surface area contributed by atoms with Gasteiger partial charge in [-0.05, 0) is 25.7 Å². The lowest BCUT2D eigenvalue weighted by molar-refractivity contribution is -0.170. The Morgan fingerprint density at radius 1 is 0.246 bits per heavy atom. The number of hydrogen-bond donors (Lipinski definition) is 0. The monoisotopic (exact) mass is 865 g/mol. The molecule has 0 unspecified atom stereocenters. The van der Waals surface area contributed by atoms with Gasteiger partial charge in [-0.25, -0.2) is 0 Å². The molecule has 0 rings (SSSR count). The normalized spacial score (nSPS) is 11.5. The van der Waals surface area contributed by atoms with Gasteiger partial charge in [-0.2, -0.15) is 0 Å². The molecule has 0 aromatic carbocycles. The van der Waals surface area contributed by atoms with Crippen molar-refractivity contribution >= 4 is 23.9 Å². The van der Waals surface area contributed by atoms with Crippen molar-refractivity contribution in [1.82, 2.24) is 0 Å². The fourth-order valence-corrected chi connectivity index (χ4v) is 7.79. The van der Waals surface area contributed by atoms with Gasteiger partial charge in [-0.3, -0.25) is 19.2 Å². The first-order valence-corrected chi connectivity index (χ1v) is 26.4. The summed E-state index contributed by atoms with van der Waals surface area (Å²) in [5.74, 6) is -1.35. The Balaban J connectivity index is 5.45. The average Bonchev–Trinajstić information content (AvgIpc) is 3.26. The number of ether oxygens (including phenoxy) is 4. The van der Waals surface area contributed by atoms with E-state index >= 15 is 0 Å². The number of rotatable bonds is 48. The quantitative estimate of drug-likeness (QED) is 0.0338. The van der Waals surface area contributed by atoms with Crippen molar-refractivity contribution in [3.63, 3.8) is 0 Å². The van der Waals surface area contributed by atoms with Crippen LogP contribution in [-0.2, 0) is 38.1 Å². The number of carbonyl (C=O) groups excluding carboxylic acids is 4. The first kappa shape index (κ1) is 58.9. The zero-order chi connectivity index (χ0) is 44.8. The highest BCUT2D eigenvalue weighted by Crippen LogP contribution is 2.24. The van der Waals surface area contributed by atoms with Crippen LogP contribution >= 0.6 is 0 Å². The van der Waals surface area contributed by atoms with Crippen molar-refractivity contribution in [3.05, 3.63) is 0 Å². The largest absolute Gasteiger partial charge is 0.465 e. The van der Waals surface area contributed by atoms with Crippen molar-refractivity contribution < 1.29 is 38.1 Å². The number of carbonyl (C=O) groups is 4. The molecular formula is C53H100O8. The van der Waals surface area contributed by atoms with Gasteiger partial charge in [0.25, 0.3) is 0 Å². The molecule has 61 heavy (non-hydrogen) atoms. The van der Waals surface area contributed by atoms with Gasteiger partial charge in [0.1, 0.15) is 31.8 Å². The smallest absolute Gasteiger partial charge is 0.305 e. The molecule has 0 aromatic heterocycles. The molecule has 0 heterocycles. The summed E-state index contributed by atoms with van der Waals surface area (Å²) in [7, 11) is 0. The van der Waals surface area contributed by atoms with Crippen LogP contribution in [0.1, 0.15) is 285 Å². The van der Waals surface area contributed by atoms with E-state index in [-0.39, 0.29) is 50.3 Å². The van der Waals surface area contributed by atoms with Crippen molar-refractivity contribution in [2.45, 2.75) is 285 Å². The minimum absolute atomic E-state index is 0.162. The van der Waals surface area contributed by atoms with E-state index in [2.05, 4.69) is 27.7 Å². The van der Waals surface area contributed by atoms with E-state index in [9.17, 15) is 19.2 Å². The SMILES string of the molecule is CCCCCCCCCCCC(=O)OCC(COC(=O)CCCCCCCCCCC)(COC(=O)CCCCCCCCCCC)COC(=O)CCCCCCCCCCC. The first-order valence-electron chi connectivity index (χ1n) is 26.4. The summed E-state index contributed by atoms with van der Waals surface area (Å²) in [5, 5.41) is 0. The second-order valence-electron chi connectivity index (χ2n) is 18.5. The molecule has 0 atom stereocenters. The molecule has 0 aliphatic heterocycles. The van der Waals surface area contributed by atoms with Crippen LogP contribution in [-0.4, -0.2) is 50.3 Å². The maximum Gasteiger partial charge on any atom is 0.305 e. The maximum atomic E-state index is 13.1. The molecule has 0 saturated heterocycles. The third kappa shape index (κ3) is 41.6. The van der Waals surface area contributed by atoms with E-state index in [4.69, 9.17) is 18.9 Å². The zero-order valence-electron chi connectivity index (χ0n) is 40.9. The second-order valence-corrected chi connectivity index (χ2v) is 18.5. The van der Waals surface area contributed by atoms with E-state index < -0.39 is 5.41 Å². The Labute approximate surface area is 377 Å². The minimum Gasteiger partial charge on any atom is -0.465 e. The van der Waals surface area contributed by atoms with E-state index in [1.807, 2.05) is 0 Å². The Hall–Kier alpha value is -2.12. The zero-order valence-corrected chi connectivity index (χ0v) is 40.9. The van der Waals surface area contributed by atoms with Gasteiger partial charge in [0.05, 0.1) is 0 Å². The molecule has 0 aromatic rings. The number of hydrogen-bond acceptors (Lipinski definition) is 8. The van der Waals surface area contributed by atoms with E-state index in [0.29, 0.717) is 25.7 Å². The lowest BCUT2D eigenvalue weighted by atomic mass is 9.92. The van der Waals surface area contributed by atoms with Gasteiger partial charge < -0.3 is 18.9 Å². The van der Waals surface area contributed by atoms with Crippen LogP contribution in [0.25, 0.3) is 0 Å². The van der Waals surface area contributed by atoms with Crippen molar-refractivity contribution in [2.75, 3.05) is 26.4 Å². The van der Waals surface area contributed by atoms with Gasteiger partial charge in [-0.1, -0.05) is 233 Å². The third-order valence-corrected chi connectivity index (χ3v) is 12.1. The average molecular weight is 865 g/mol. The molecule has 0 aliphatic rings. The topological polar surface area (TPSA) is 105 Å². The minimum atomic E-state index is -1.19. The summed E-state index contributed by atoms with van der Waals surface area (Å²) < 4.78 is 23.4. The third-order valence-electron chi connectivity index (χ3n) is 12.1. The fraction of sp³-hybridized carbons (Fsp3) is 0.925. The molecule has 8 nitrogen and oxygen atoms in total. The molecule has 0 aliphatic carbocycles. The Morgan fingerprint density at radius 3 is 0.557 bits per heavy atom. The fourth-order valence-electron chi connectivity index (χ4n) is 7.79. The van der Waals surface area contributed by atoms with E-state index in [1.165, 1.54) is 154 Å². The van der Waals surface area contributed by atoms with Crippen molar-refractivity contribution in [3.8, 4) is 0 Å². The maximum absolute atomic E-state index is 13.1. The standard InChI is InChI=1S/C53H100O8/c1-5-9-13-17-21-25-29-33-37-41-49(54)58-45-53(46-59-50(55)42-38-34-30-26-22-18-14-10-6-2,47-60-51(56)43-39-35-31-27-23-19-15-11-7-3)48-61-52(57)44-40-36-32-28-24-20-16-12-8-4/h5-48H2,1-4H3. The van der Waals surface area contributed by atoms with Crippen LogP contribution < -0.4 is 0 Å². The van der Waals surface area contributed by atoms with Crippen LogP contribution in [0.3, 0.4) is 0 Å². The van der Waals surface area contributed by atoms with Crippen LogP contribution in [0.5, 0.6) is 0 Å². The number of unbranched alkanes of at least 4 members (excludes halogenated alkanes) is 32. The molecule has 0 saturated carbocycles. The molecular weight excluding hydrogens is 765 g/mol. The highest BCUT2D eigenvalue weighted by Gasteiger charge is 2.38. The highest BCUT2D eigenvalue weighted by atomic mass is 16.6. The molecule has 8 heteroatoms. The van der Waals surface area contributed by atoms with E-state index in [1.54, 1.807) is 0 Å². The van der Waals surface area contributed by atoms with Crippen LogP contribution in [0.15, 0.2) is 0 Å². The van der Waals surface area contributed by atoms with Crippen LogP contribution in [0.2, 0.25) is 0 Å². The van der Waals surface area contributed by atoms with Crippen LogP contribution in [0, 0.1) is 5.41 Å². The highest BCUT2D eigenvalue weighted by molar-refractivity contribution is 5.71. The summed E-state index contributed by atoms with van der Waals surface area (Å²) in [6.45, 7) is 8.27. The van der Waals surface area contributed by atoms with Gasteiger partial charge in [-0.15, -0.1) is 0 Å². The molecule has 0 bridgehead atoms. The molecule has 360 valence electrons. The first-order chi connectivity index (χ1) is 29.8. The number of esters is 4. The van der Waals surface area contributed by atoms with Crippen molar-refractivity contribution in [1.29, 1.82) is 0 Å². The molecule has 0 fully saturated rings. The predicted octanol–water partition coefficient (Wildman–Crippen LogP) is 15.8. The van der Waals surface area contributed by atoms with Gasteiger partial charge in [0, 0.05) is 25.7 Å². The summed E-state index contributed by atoms with van der Waals surface area (Å²) in [6.07, 6.45) is 42.5. The summed E-state index contributed by atoms with van der Waals surface area (Å²) >= 11 is 0. The summed E-state index contributed by atoms with van der Waals surface area (Å²) in [5.41, 5.74) is -1.19. The molecule has 0 N–H and O–H groups in total. The van der Waals surface area contributed by atoms with Gasteiger partial charge in [0.2, 0.25) is 0 Å². The predicted molar refractivity (Wildman–Crippen MR) is 254 cm³/mol. The second kappa shape index (κ2) is 45.9. The summed E-state index contributed by atoms with van der Waals surface area (Å²) in [6, 6.07) is 0. The van der Waals surface area contributed by atoms with Gasteiger partial charge >= 0.3 is 23.9 Å². The summed E-state index contributed by atoms with van der Waals surface area (Å²) in [4.78, 5) is 52.3. The molecule has 0 radical (unpaired) electrons. The van der Waals surface area contributed by atoms with Crippen LogP contribution in [0.4, 0.5) is 0 Å². The molecule has 0 amide bonds. The van der Waals surface area contributed by atoms with Crippen molar-refractivity contribution in [2.24, 2.45) is 5.41 Å². The van der Waals surface area contributed by atoms with Gasteiger partial charge in [0.15, 0.2) is 0 Å².